The van der Waals surface area contributed by atoms with E-state index in [-0.39, 0.29) is 17.1 Å². The fraction of sp³-hybridized carbons (Fsp3) is 0.409. The number of allylic oxidation sites excluding steroid dienone is 4. The predicted molar refractivity (Wildman–Crippen MR) is 100 cm³/mol. The average Bonchev–Trinajstić information content (AvgIpc) is 2.67. The Balaban J connectivity index is 1.96. The van der Waals surface area contributed by atoms with E-state index < -0.39 is 11.9 Å². The number of aromatic carboxylic acids is 1. The van der Waals surface area contributed by atoms with Crippen LogP contribution in [0, 0.1) is 0 Å². The van der Waals surface area contributed by atoms with Crippen molar-refractivity contribution in [3.05, 3.63) is 52.0 Å². The van der Waals surface area contributed by atoms with Gasteiger partial charge in [-0.1, -0.05) is 0 Å². The molecule has 0 saturated heterocycles. The van der Waals surface area contributed by atoms with Gasteiger partial charge in [-0.05, 0) is 38.0 Å². The molecule has 0 amide bonds. The fourth-order valence-corrected chi connectivity index (χ4v) is 4.32. The van der Waals surface area contributed by atoms with Crippen molar-refractivity contribution in [3.8, 4) is 5.75 Å². The van der Waals surface area contributed by atoms with Crippen LogP contribution in [0.2, 0.25) is 0 Å². The van der Waals surface area contributed by atoms with Crippen LogP contribution in [0.5, 0.6) is 5.75 Å². The molecule has 1 heterocycles. The molecule has 0 atom stereocenters. The highest BCUT2D eigenvalue weighted by molar-refractivity contribution is 6.06. The van der Waals surface area contributed by atoms with Gasteiger partial charge in [-0.15, -0.1) is 0 Å². The topological polar surface area (TPSA) is 89.9 Å². The van der Waals surface area contributed by atoms with Crippen molar-refractivity contribution in [2.45, 2.75) is 51.4 Å². The van der Waals surface area contributed by atoms with Gasteiger partial charge in [-0.3, -0.25) is 9.59 Å². The van der Waals surface area contributed by atoms with E-state index in [4.69, 9.17) is 9.47 Å². The summed E-state index contributed by atoms with van der Waals surface area (Å²) in [6, 6.07) is 4.62. The molecule has 6 heteroatoms. The van der Waals surface area contributed by atoms with E-state index in [1.54, 1.807) is 6.07 Å². The SMILES string of the molecule is CCOc1ccc(C(=O)O)cc1C1C2=C(CCCC2=O)OC2=C1C(=O)CCC2. The zero-order valence-electron chi connectivity index (χ0n) is 15.7. The van der Waals surface area contributed by atoms with Crippen LogP contribution in [0.15, 0.2) is 40.9 Å². The monoisotopic (exact) mass is 382 g/mol. The number of carbonyl (C=O) groups excluding carboxylic acids is 2. The summed E-state index contributed by atoms with van der Waals surface area (Å²) in [6.45, 7) is 2.23. The summed E-state index contributed by atoms with van der Waals surface area (Å²) in [5.41, 5.74) is 1.63. The highest BCUT2D eigenvalue weighted by atomic mass is 16.5. The molecule has 0 aromatic heterocycles. The van der Waals surface area contributed by atoms with Gasteiger partial charge in [-0.2, -0.15) is 0 Å². The molecule has 4 rings (SSSR count). The van der Waals surface area contributed by atoms with Gasteiger partial charge in [0.25, 0.3) is 0 Å². The van der Waals surface area contributed by atoms with Gasteiger partial charge >= 0.3 is 5.97 Å². The lowest BCUT2D eigenvalue weighted by atomic mass is 9.72. The van der Waals surface area contributed by atoms with Gasteiger partial charge in [-0.25, -0.2) is 4.79 Å². The minimum atomic E-state index is -1.07. The molecule has 6 nitrogen and oxygen atoms in total. The first-order valence-corrected chi connectivity index (χ1v) is 9.71. The summed E-state index contributed by atoms with van der Waals surface area (Å²) >= 11 is 0. The highest BCUT2D eigenvalue weighted by Crippen LogP contribution is 2.49. The Kier molecular flexibility index (Phi) is 4.79. The van der Waals surface area contributed by atoms with Gasteiger partial charge in [0.2, 0.25) is 0 Å². The zero-order chi connectivity index (χ0) is 19.8. The molecule has 3 aliphatic rings. The first kappa shape index (κ1) is 18.5. The van der Waals surface area contributed by atoms with Crippen LogP contribution in [-0.2, 0) is 14.3 Å². The predicted octanol–water partition coefficient (Wildman–Crippen LogP) is 3.91. The highest BCUT2D eigenvalue weighted by Gasteiger charge is 2.43. The summed E-state index contributed by atoms with van der Waals surface area (Å²) in [4.78, 5) is 37.3. The van der Waals surface area contributed by atoms with E-state index in [2.05, 4.69) is 0 Å². The first-order chi connectivity index (χ1) is 13.5. The molecule has 0 bridgehead atoms. The molecule has 0 radical (unpaired) electrons. The number of rotatable bonds is 4. The normalized spacial score (nSPS) is 19.9. The summed E-state index contributed by atoms with van der Waals surface area (Å²) in [7, 11) is 0. The molecule has 0 fully saturated rings. The number of carboxylic acid groups (broad SMARTS) is 1. The fourth-order valence-electron chi connectivity index (χ4n) is 4.32. The van der Waals surface area contributed by atoms with Crippen molar-refractivity contribution in [2.24, 2.45) is 0 Å². The van der Waals surface area contributed by atoms with Gasteiger partial charge in [0.1, 0.15) is 17.3 Å². The smallest absolute Gasteiger partial charge is 0.335 e. The molecule has 1 N–H and O–H groups in total. The quantitative estimate of drug-likeness (QED) is 0.849. The first-order valence-electron chi connectivity index (χ1n) is 9.71. The maximum atomic E-state index is 12.9. The molecule has 1 aromatic carbocycles. The number of Topliss-reactive ketones (excluding diaryl/α,β-unsaturated/α-hetero) is 2. The largest absolute Gasteiger partial charge is 0.494 e. The second kappa shape index (κ2) is 7.26. The second-order valence-corrected chi connectivity index (χ2v) is 7.25. The maximum absolute atomic E-state index is 12.9. The molecule has 0 unspecified atom stereocenters. The van der Waals surface area contributed by atoms with Crippen LogP contribution in [0.3, 0.4) is 0 Å². The van der Waals surface area contributed by atoms with Crippen LogP contribution >= 0.6 is 0 Å². The Morgan fingerprint density at radius 1 is 1.07 bits per heavy atom. The van der Waals surface area contributed by atoms with Crippen LogP contribution in [0.1, 0.15) is 67.3 Å². The standard InChI is InChI=1S/C22H22O6/c1-2-27-16-10-9-12(22(25)26)11-13(16)19-20-14(23)5-3-7-17(20)28-18-8-4-6-15(24)21(18)19/h9-11,19H,2-8H2,1H3,(H,25,26). The second-order valence-electron chi connectivity index (χ2n) is 7.25. The minimum Gasteiger partial charge on any atom is -0.494 e. The third-order valence-electron chi connectivity index (χ3n) is 5.51. The number of carboxylic acids is 1. The van der Waals surface area contributed by atoms with Crippen LogP contribution < -0.4 is 4.74 Å². The summed E-state index contributed by atoms with van der Waals surface area (Å²) in [5.74, 6) is -0.0331. The van der Waals surface area contributed by atoms with E-state index >= 15 is 0 Å². The average molecular weight is 382 g/mol. The number of ketones is 2. The van der Waals surface area contributed by atoms with E-state index in [0.29, 0.717) is 79.1 Å². The summed E-state index contributed by atoms with van der Waals surface area (Å²) in [6.07, 6.45) is 3.52. The van der Waals surface area contributed by atoms with Gasteiger partial charge < -0.3 is 14.6 Å². The third-order valence-corrected chi connectivity index (χ3v) is 5.51. The molecule has 1 aliphatic heterocycles. The van der Waals surface area contributed by atoms with Crippen molar-refractivity contribution >= 4 is 17.5 Å². The molecule has 146 valence electrons. The van der Waals surface area contributed by atoms with Gasteiger partial charge in [0.15, 0.2) is 11.6 Å². The van der Waals surface area contributed by atoms with Crippen LogP contribution in [-0.4, -0.2) is 29.2 Å². The van der Waals surface area contributed by atoms with Crippen molar-refractivity contribution in [2.75, 3.05) is 6.61 Å². The number of hydrogen-bond donors (Lipinski definition) is 1. The number of benzene rings is 1. The number of ether oxygens (including phenoxy) is 2. The van der Waals surface area contributed by atoms with Crippen molar-refractivity contribution in [1.82, 2.24) is 0 Å². The molecule has 0 spiro atoms. The Labute approximate surface area is 162 Å². The van der Waals surface area contributed by atoms with Crippen LogP contribution in [0.4, 0.5) is 0 Å². The Morgan fingerprint density at radius 3 is 2.21 bits per heavy atom. The molecule has 1 aromatic rings. The maximum Gasteiger partial charge on any atom is 0.335 e. The lowest BCUT2D eigenvalue weighted by Crippen LogP contribution is -2.30. The molecular formula is C22H22O6. The van der Waals surface area contributed by atoms with Gasteiger partial charge in [0.05, 0.1) is 18.1 Å². The van der Waals surface area contributed by atoms with E-state index in [1.165, 1.54) is 12.1 Å². The lowest BCUT2D eigenvalue weighted by Gasteiger charge is -2.36. The van der Waals surface area contributed by atoms with Crippen LogP contribution in [0.25, 0.3) is 0 Å². The molecule has 28 heavy (non-hydrogen) atoms. The molecule has 0 saturated carbocycles. The molecular weight excluding hydrogens is 360 g/mol. The Bertz CT molecular complexity index is 894. The van der Waals surface area contributed by atoms with Gasteiger partial charge in [0, 0.05) is 42.4 Å². The molecule has 2 aliphatic carbocycles. The Hall–Kier alpha value is -2.89. The zero-order valence-corrected chi connectivity index (χ0v) is 15.7. The van der Waals surface area contributed by atoms with E-state index in [9.17, 15) is 19.5 Å². The van der Waals surface area contributed by atoms with E-state index in [0.717, 1.165) is 0 Å². The summed E-state index contributed by atoms with van der Waals surface area (Å²) < 4.78 is 11.8. The summed E-state index contributed by atoms with van der Waals surface area (Å²) in [5, 5.41) is 9.47. The van der Waals surface area contributed by atoms with Crippen molar-refractivity contribution in [3.63, 3.8) is 0 Å². The Morgan fingerprint density at radius 2 is 1.68 bits per heavy atom. The minimum absolute atomic E-state index is 0.0423. The van der Waals surface area contributed by atoms with Crippen molar-refractivity contribution in [1.29, 1.82) is 0 Å². The lowest BCUT2D eigenvalue weighted by molar-refractivity contribution is -0.117. The third kappa shape index (κ3) is 3.03. The van der Waals surface area contributed by atoms with Crippen molar-refractivity contribution < 1.29 is 29.0 Å². The number of carbonyl (C=O) groups is 3. The van der Waals surface area contributed by atoms with E-state index in [1.807, 2.05) is 6.92 Å². The number of hydrogen-bond acceptors (Lipinski definition) is 5.